The Morgan fingerprint density at radius 3 is 2.59 bits per heavy atom. The van der Waals surface area contributed by atoms with E-state index in [1.165, 1.54) is 6.33 Å². The highest BCUT2D eigenvalue weighted by molar-refractivity contribution is 5.96. The van der Waals surface area contributed by atoms with Crippen LogP contribution in [0.3, 0.4) is 0 Å². The summed E-state index contributed by atoms with van der Waals surface area (Å²) >= 11 is 0. The molecule has 9 heteroatoms. The lowest BCUT2D eigenvalue weighted by Crippen LogP contribution is -2.16. The summed E-state index contributed by atoms with van der Waals surface area (Å²) < 4.78 is 7.38. The molecule has 9 nitrogen and oxygen atoms in total. The molecule has 1 unspecified atom stereocenters. The summed E-state index contributed by atoms with van der Waals surface area (Å²) in [6.45, 7) is 1.80. The van der Waals surface area contributed by atoms with Crippen LogP contribution >= 0.6 is 0 Å². The van der Waals surface area contributed by atoms with Crippen molar-refractivity contribution in [3.05, 3.63) is 54.6 Å². The van der Waals surface area contributed by atoms with Crippen LogP contribution < -0.4 is 10.1 Å². The first-order chi connectivity index (χ1) is 14.1. The number of hydrogen-bond acceptors (Lipinski definition) is 8. The van der Waals surface area contributed by atoms with Crippen LogP contribution in [0.5, 0.6) is 5.75 Å². The molecule has 0 saturated carbocycles. The quantitative estimate of drug-likeness (QED) is 0.515. The number of aromatic nitrogens is 6. The summed E-state index contributed by atoms with van der Waals surface area (Å²) in [6.07, 6.45) is 8.53. The van der Waals surface area contributed by atoms with E-state index >= 15 is 0 Å². The van der Waals surface area contributed by atoms with Crippen molar-refractivity contribution in [1.29, 1.82) is 0 Å². The average Bonchev–Trinajstić information content (AvgIpc) is 3.17. The SMILES string of the molecule is COc1cc(-c2ncc(C)cn2)cc2c(NC(CO)c3cn(C)cn3)ncnc12. The van der Waals surface area contributed by atoms with Gasteiger partial charge in [0.05, 0.1) is 31.8 Å². The molecule has 2 N–H and O–H groups in total. The molecule has 1 atom stereocenters. The second kappa shape index (κ2) is 7.80. The molecule has 148 valence electrons. The highest BCUT2D eigenvalue weighted by Gasteiger charge is 2.18. The van der Waals surface area contributed by atoms with Gasteiger partial charge < -0.3 is 19.7 Å². The van der Waals surface area contributed by atoms with E-state index in [9.17, 15) is 5.11 Å². The number of aryl methyl sites for hydroxylation is 2. The monoisotopic (exact) mass is 391 g/mol. The van der Waals surface area contributed by atoms with Gasteiger partial charge in [0.15, 0.2) is 5.82 Å². The summed E-state index contributed by atoms with van der Waals surface area (Å²) in [4.78, 5) is 21.9. The zero-order valence-electron chi connectivity index (χ0n) is 16.4. The van der Waals surface area contributed by atoms with Crippen LogP contribution in [0.1, 0.15) is 17.3 Å². The Bertz CT molecular complexity index is 1140. The molecule has 0 amide bonds. The van der Waals surface area contributed by atoms with Gasteiger partial charge in [0.1, 0.15) is 23.4 Å². The predicted octanol–water partition coefficient (Wildman–Crippen LogP) is 2.28. The fraction of sp³-hybridized carbons (Fsp3) is 0.250. The minimum Gasteiger partial charge on any atom is -0.494 e. The molecule has 3 aromatic heterocycles. The van der Waals surface area contributed by atoms with Gasteiger partial charge in [-0.1, -0.05) is 0 Å². The number of aliphatic hydroxyl groups is 1. The Kier molecular flexibility index (Phi) is 5.05. The van der Waals surface area contributed by atoms with Gasteiger partial charge in [-0.2, -0.15) is 0 Å². The van der Waals surface area contributed by atoms with Crippen LogP contribution in [0.15, 0.2) is 43.4 Å². The van der Waals surface area contributed by atoms with Crippen LogP contribution in [0.4, 0.5) is 5.82 Å². The summed E-state index contributed by atoms with van der Waals surface area (Å²) in [5.74, 6) is 1.73. The molecular weight excluding hydrogens is 370 g/mol. The maximum atomic E-state index is 9.88. The summed E-state index contributed by atoms with van der Waals surface area (Å²) in [6, 6.07) is 3.35. The molecule has 4 rings (SSSR count). The minimum absolute atomic E-state index is 0.138. The number of imidazole rings is 1. The first-order valence-corrected chi connectivity index (χ1v) is 9.06. The van der Waals surface area contributed by atoms with Crippen LogP contribution in [-0.4, -0.2) is 48.3 Å². The minimum atomic E-state index is -0.417. The maximum Gasteiger partial charge on any atom is 0.159 e. The van der Waals surface area contributed by atoms with Crippen LogP contribution in [0.25, 0.3) is 22.3 Å². The first kappa shape index (κ1) is 18.8. The third kappa shape index (κ3) is 3.72. The van der Waals surface area contributed by atoms with Crippen molar-refractivity contribution < 1.29 is 9.84 Å². The fourth-order valence-corrected chi connectivity index (χ4v) is 3.07. The molecule has 0 aliphatic carbocycles. The standard InChI is InChI=1S/C20H21N7O2/c1-12-6-21-19(22-7-12)13-4-14-18(17(5-13)29-3)23-10-24-20(14)26-16(9-28)15-8-27(2)11-25-15/h4-8,10-11,16,28H,9H2,1-3H3,(H,23,24,26). The van der Waals surface area contributed by atoms with Crippen LogP contribution in [-0.2, 0) is 7.05 Å². The van der Waals surface area contributed by atoms with Crippen molar-refractivity contribution in [2.24, 2.45) is 7.05 Å². The number of methoxy groups -OCH3 is 1. The van der Waals surface area contributed by atoms with Crippen molar-refractivity contribution in [2.45, 2.75) is 13.0 Å². The topological polar surface area (TPSA) is 111 Å². The lowest BCUT2D eigenvalue weighted by molar-refractivity contribution is 0.274. The highest BCUT2D eigenvalue weighted by Crippen LogP contribution is 2.33. The summed E-state index contributed by atoms with van der Waals surface area (Å²) in [5.41, 5.74) is 3.13. The van der Waals surface area contributed by atoms with Gasteiger partial charge in [0, 0.05) is 36.6 Å². The van der Waals surface area contributed by atoms with E-state index < -0.39 is 6.04 Å². The highest BCUT2D eigenvalue weighted by atomic mass is 16.5. The number of nitrogens with zero attached hydrogens (tertiary/aromatic N) is 6. The van der Waals surface area contributed by atoms with Crippen molar-refractivity contribution in [3.8, 4) is 17.1 Å². The van der Waals surface area contributed by atoms with Crippen LogP contribution in [0.2, 0.25) is 0 Å². The van der Waals surface area contributed by atoms with E-state index in [1.54, 1.807) is 25.8 Å². The van der Waals surface area contributed by atoms with E-state index in [1.807, 2.05) is 36.9 Å². The Morgan fingerprint density at radius 2 is 1.93 bits per heavy atom. The van der Waals surface area contributed by atoms with Crippen molar-refractivity contribution >= 4 is 16.7 Å². The van der Waals surface area contributed by atoms with E-state index in [0.29, 0.717) is 28.6 Å². The Balaban J connectivity index is 1.81. The van der Waals surface area contributed by atoms with Gasteiger partial charge in [-0.15, -0.1) is 0 Å². The normalized spacial score (nSPS) is 12.1. The molecule has 3 heterocycles. The lowest BCUT2D eigenvalue weighted by atomic mass is 10.1. The van der Waals surface area contributed by atoms with E-state index in [-0.39, 0.29) is 6.61 Å². The Morgan fingerprint density at radius 1 is 1.14 bits per heavy atom. The molecular formula is C20H21N7O2. The zero-order chi connectivity index (χ0) is 20.4. The Labute approximate surface area is 167 Å². The molecule has 0 saturated heterocycles. The second-order valence-electron chi connectivity index (χ2n) is 6.72. The number of ether oxygens (including phenoxy) is 1. The van der Waals surface area contributed by atoms with Crippen molar-refractivity contribution in [2.75, 3.05) is 19.0 Å². The summed E-state index contributed by atoms with van der Waals surface area (Å²) in [5, 5.41) is 13.9. The van der Waals surface area contributed by atoms with Gasteiger partial charge in [0.25, 0.3) is 0 Å². The molecule has 0 fully saturated rings. The lowest BCUT2D eigenvalue weighted by Gasteiger charge is -2.17. The fourth-order valence-electron chi connectivity index (χ4n) is 3.07. The second-order valence-corrected chi connectivity index (χ2v) is 6.72. The number of fused-ring (bicyclic) bond motifs is 1. The first-order valence-electron chi connectivity index (χ1n) is 9.06. The maximum absolute atomic E-state index is 9.88. The molecule has 1 aromatic carbocycles. The number of rotatable bonds is 6. The van der Waals surface area contributed by atoms with Gasteiger partial charge in [0.2, 0.25) is 0 Å². The smallest absolute Gasteiger partial charge is 0.159 e. The summed E-state index contributed by atoms with van der Waals surface area (Å²) in [7, 11) is 3.47. The third-order valence-electron chi connectivity index (χ3n) is 4.54. The van der Waals surface area contributed by atoms with Gasteiger partial charge in [-0.05, 0) is 24.6 Å². The number of aliphatic hydroxyl groups excluding tert-OH is 1. The number of hydrogen-bond donors (Lipinski definition) is 2. The van der Waals surface area contributed by atoms with Gasteiger partial charge in [-0.3, -0.25) is 0 Å². The zero-order valence-corrected chi connectivity index (χ0v) is 16.4. The molecule has 0 radical (unpaired) electrons. The molecule has 0 spiro atoms. The average molecular weight is 391 g/mol. The van der Waals surface area contributed by atoms with Crippen LogP contribution in [0, 0.1) is 6.92 Å². The predicted molar refractivity (Wildman–Crippen MR) is 109 cm³/mol. The molecule has 0 aliphatic rings. The van der Waals surface area contributed by atoms with Gasteiger partial charge >= 0.3 is 0 Å². The molecule has 0 aliphatic heterocycles. The number of nitrogens with one attached hydrogen (secondary N) is 1. The largest absolute Gasteiger partial charge is 0.494 e. The third-order valence-corrected chi connectivity index (χ3v) is 4.54. The van der Waals surface area contributed by atoms with E-state index in [0.717, 1.165) is 16.5 Å². The van der Waals surface area contributed by atoms with Crippen molar-refractivity contribution in [3.63, 3.8) is 0 Å². The number of benzene rings is 1. The van der Waals surface area contributed by atoms with Gasteiger partial charge in [-0.25, -0.2) is 24.9 Å². The number of anilines is 1. The molecule has 4 aromatic rings. The molecule has 29 heavy (non-hydrogen) atoms. The van der Waals surface area contributed by atoms with E-state index in [4.69, 9.17) is 4.74 Å². The van der Waals surface area contributed by atoms with E-state index in [2.05, 4.69) is 30.2 Å². The molecule has 0 bridgehead atoms. The van der Waals surface area contributed by atoms with Crippen molar-refractivity contribution in [1.82, 2.24) is 29.5 Å². The Hall–Kier alpha value is -3.59.